The lowest BCUT2D eigenvalue weighted by Gasteiger charge is -2.35. The Labute approximate surface area is 179 Å². The van der Waals surface area contributed by atoms with Gasteiger partial charge in [-0.25, -0.2) is 0 Å². The van der Waals surface area contributed by atoms with Gasteiger partial charge in [0.1, 0.15) is 5.88 Å². The van der Waals surface area contributed by atoms with Gasteiger partial charge in [-0.1, -0.05) is 5.16 Å². The Hall–Kier alpha value is -2.49. The third-order valence-corrected chi connectivity index (χ3v) is 5.67. The second kappa shape index (κ2) is 9.11. The molecule has 0 saturated carbocycles. The van der Waals surface area contributed by atoms with Crippen LogP contribution in [0.3, 0.4) is 0 Å². The van der Waals surface area contributed by atoms with Crippen LogP contribution in [0, 0.1) is 6.92 Å². The van der Waals surface area contributed by atoms with Gasteiger partial charge in [-0.15, -0.1) is 11.6 Å². The Bertz CT molecular complexity index is 882. The number of aromatic nitrogens is 2. The maximum Gasteiger partial charge on any atom is 0.237 e. The zero-order chi connectivity index (χ0) is 21.1. The number of ether oxygens (including phenoxy) is 1. The number of hydrogen-bond donors (Lipinski definition) is 0. The summed E-state index contributed by atoms with van der Waals surface area (Å²) in [5.41, 5.74) is 1.75. The SMILES string of the molecule is Cc1nc(-c2ccc(N3CC(CN4CCN(C(=O)CCl)CC4)OC3C=O)cc2)no1. The largest absolute Gasteiger partial charge is 0.345 e. The first-order valence-electron chi connectivity index (χ1n) is 9.91. The zero-order valence-corrected chi connectivity index (χ0v) is 17.5. The van der Waals surface area contributed by atoms with Gasteiger partial charge in [0, 0.05) is 57.4 Å². The van der Waals surface area contributed by atoms with Crippen molar-refractivity contribution in [3.63, 3.8) is 0 Å². The van der Waals surface area contributed by atoms with E-state index in [9.17, 15) is 9.59 Å². The second-order valence-corrected chi connectivity index (χ2v) is 7.70. The second-order valence-electron chi connectivity index (χ2n) is 7.44. The van der Waals surface area contributed by atoms with Crippen molar-refractivity contribution in [1.29, 1.82) is 0 Å². The number of halogens is 1. The van der Waals surface area contributed by atoms with Gasteiger partial charge in [0.05, 0.1) is 6.10 Å². The number of hydrogen-bond acceptors (Lipinski definition) is 8. The summed E-state index contributed by atoms with van der Waals surface area (Å²) < 4.78 is 11.0. The number of alkyl halides is 1. The molecule has 0 radical (unpaired) electrons. The summed E-state index contributed by atoms with van der Waals surface area (Å²) in [7, 11) is 0. The summed E-state index contributed by atoms with van der Waals surface area (Å²) in [6, 6.07) is 7.67. The molecule has 2 aliphatic rings. The van der Waals surface area contributed by atoms with E-state index in [1.165, 1.54) is 0 Å². The standard InChI is InChI=1S/C20H24ClN5O4/c1-14-22-20(23-30-14)15-2-4-16(5-3-15)26-12-17(29-19(26)13-27)11-24-6-8-25(9-7-24)18(28)10-21/h2-5,13,17,19H,6-12H2,1H3. The van der Waals surface area contributed by atoms with Crippen LogP contribution in [0.25, 0.3) is 11.4 Å². The number of rotatable bonds is 6. The molecule has 2 aliphatic heterocycles. The average Bonchev–Trinajstić information content (AvgIpc) is 3.40. The fraction of sp³-hybridized carbons (Fsp3) is 0.500. The van der Waals surface area contributed by atoms with Crippen LogP contribution < -0.4 is 4.90 Å². The highest BCUT2D eigenvalue weighted by atomic mass is 35.5. The van der Waals surface area contributed by atoms with Gasteiger partial charge in [-0.3, -0.25) is 14.5 Å². The van der Waals surface area contributed by atoms with E-state index in [0.29, 0.717) is 37.9 Å². The van der Waals surface area contributed by atoms with Crippen molar-refractivity contribution in [1.82, 2.24) is 19.9 Å². The number of carbonyl (C=O) groups excluding carboxylic acids is 2. The monoisotopic (exact) mass is 433 g/mol. The minimum Gasteiger partial charge on any atom is -0.345 e. The van der Waals surface area contributed by atoms with Crippen molar-refractivity contribution >= 4 is 29.5 Å². The molecule has 1 aromatic carbocycles. The first-order valence-corrected chi connectivity index (χ1v) is 10.4. The van der Waals surface area contributed by atoms with Crippen LogP contribution in [0.1, 0.15) is 5.89 Å². The lowest BCUT2D eigenvalue weighted by molar-refractivity contribution is -0.130. The minimum atomic E-state index is -0.618. The quantitative estimate of drug-likeness (QED) is 0.495. The maximum atomic E-state index is 11.7. The van der Waals surface area contributed by atoms with Crippen molar-refractivity contribution < 1.29 is 18.8 Å². The van der Waals surface area contributed by atoms with Crippen LogP contribution in [0.15, 0.2) is 28.8 Å². The van der Waals surface area contributed by atoms with Crippen LogP contribution in [-0.4, -0.2) is 89.6 Å². The molecule has 160 valence electrons. The van der Waals surface area contributed by atoms with Crippen molar-refractivity contribution in [2.24, 2.45) is 0 Å². The molecule has 2 saturated heterocycles. The normalized spacial score (nSPS) is 22.5. The van der Waals surface area contributed by atoms with Gasteiger partial charge in [-0.2, -0.15) is 4.98 Å². The molecule has 3 heterocycles. The number of carbonyl (C=O) groups is 2. The van der Waals surface area contributed by atoms with Crippen molar-refractivity contribution in [3.05, 3.63) is 30.2 Å². The molecule has 2 fully saturated rings. The molecule has 30 heavy (non-hydrogen) atoms. The molecule has 10 heteroatoms. The maximum absolute atomic E-state index is 11.7. The molecular formula is C20H24ClN5O4. The molecule has 2 unspecified atom stereocenters. The van der Waals surface area contributed by atoms with Gasteiger partial charge in [0.25, 0.3) is 0 Å². The molecule has 2 atom stereocenters. The van der Waals surface area contributed by atoms with E-state index in [1.54, 1.807) is 11.8 Å². The van der Waals surface area contributed by atoms with E-state index in [-0.39, 0.29) is 17.9 Å². The molecule has 9 nitrogen and oxygen atoms in total. The van der Waals surface area contributed by atoms with Crippen LogP contribution in [-0.2, 0) is 14.3 Å². The third-order valence-electron chi connectivity index (χ3n) is 5.44. The van der Waals surface area contributed by atoms with Crippen LogP contribution in [0.5, 0.6) is 0 Å². The molecule has 1 aromatic heterocycles. The number of aldehydes is 1. The summed E-state index contributed by atoms with van der Waals surface area (Å²) in [5.74, 6) is 1.04. The highest BCUT2D eigenvalue weighted by Gasteiger charge is 2.34. The van der Waals surface area contributed by atoms with Gasteiger partial charge in [0.2, 0.25) is 17.6 Å². The Balaban J connectivity index is 1.36. The number of amides is 1. The molecule has 0 bridgehead atoms. The van der Waals surface area contributed by atoms with E-state index < -0.39 is 6.23 Å². The van der Waals surface area contributed by atoms with Crippen molar-refractivity contribution in [2.75, 3.05) is 50.0 Å². The van der Waals surface area contributed by atoms with Gasteiger partial charge >= 0.3 is 0 Å². The van der Waals surface area contributed by atoms with Gasteiger partial charge < -0.3 is 19.1 Å². The van der Waals surface area contributed by atoms with Gasteiger partial charge in [-0.05, 0) is 24.3 Å². The smallest absolute Gasteiger partial charge is 0.237 e. The van der Waals surface area contributed by atoms with E-state index in [0.717, 1.165) is 30.6 Å². The number of nitrogens with zero attached hydrogens (tertiary/aromatic N) is 5. The first-order chi connectivity index (χ1) is 14.6. The summed E-state index contributed by atoms with van der Waals surface area (Å²) in [5, 5.41) is 3.93. The van der Waals surface area contributed by atoms with Gasteiger partial charge in [0.15, 0.2) is 12.5 Å². The predicted molar refractivity (Wildman–Crippen MR) is 110 cm³/mol. The summed E-state index contributed by atoms with van der Waals surface area (Å²) in [6.07, 6.45) is 0.121. The Morgan fingerprint density at radius 1 is 1.23 bits per heavy atom. The molecule has 0 spiro atoms. The fourth-order valence-corrected chi connectivity index (χ4v) is 4.04. The van der Waals surface area contributed by atoms with Crippen molar-refractivity contribution in [3.8, 4) is 11.4 Å². The fourth-order valence-electron chi connectivity index (χ4n) is 3.87. The lowest BCUT2D eigenvalue weighted by Crippen LogP contribution is -2.51. The number of benzene rings is 1. The van der Waals surface area contributed by atoms with E-state index in [4.69, 9.17) is 20.9 Å². The first kappa shape index (κ1) is 20.8. The number of piperazine rings is 1. The van der Waals surface area contributed by atoms with E-state index in [2.05, 4.69) is 15.0 Å². The average molecular weight is 434 g/mol. The van der Waals surface area contributed by atoms with Crippen LogP contribution >= 0.6 is 11.6 Å². The van der Waals surface area contributed by atoms with Crippen molar-refractivity contribution in [2.45, 2.75) is 19.3 Å². The van der Waals surface area contributed by atoms with E-state index >= 15 is 0 Å². The lowest BCUT2D eigenvalue weighted by atomic mass is 10.1. The molecule has 1 amide bonds. The topological polar surface area (TPSA) is 92.0 Å². The molecule has 0 aliphatic carbocycles. The van der Waals surface area contributed by atoms with E-state index in [1.807, 2.05) is 29.2 Å². The Morgan fingerprint density at radius 3 is 2.57 bits per heavy atom. The molecule has 0 N–H and O–H groups in total. The molecule has 4 rings (SSSR count). The highest BCUT2D eigenvalue weighted by molar-refractivity contribution is 6.27. The highest BCUT2D eigenvalue weighted by Crippen LogP contribution is 2.27. The number of aryl methyl sites for hydroxylation is 1. The number of anilines is 1. The third kappa shape index (κ3) is 4.48. The summed E-state index contributed by atoms with van der Waals surface area (Å²) in [6.45, 7) is 5.94. The minimum absolute atomic E-state index is 0.0207. The Morgan fingerprint density at radius 2 is 1.97 bits per heavy atom. The predicted octanol–water partition coefficient (Wildman–Crippen LogP) is 1.16. The zero-order valence-electron chi connectivity index (χ0n) is 16.7. The van der Waals surface area contributed by atoms with Crippen LogP contribution in [0.4, 0.5) is 5.69 Å². The molecule has 2 aromatic rings. The Kier molecular flexibility index (Phi) is 6.31. The van der Waals surface area contributed by atoms with Crippen LogP contribution in [0.2, 0.25) is 0 Å². The molecular weight excluding hydrogens is 410 g/mol. The summed E-state index contributed by atoms with van der Waals surface area (Å²) in [4.78, 5) is 33.5. The summed E-state index contributed by atoms with van der Waals surface area (Å²) >= 11 is 5.64.